The highest BCUT2D eigenvalue weighted by Gasteiger charge is 2.19. The second-order valence-corrected chi connectivity index (χ2v) is 6.24. The molecule has 19 heavy (non-hydrogen) atoms. The first-order valence-electron chi connectivity index (χ1n) is 5.27. The Hall–Kier alpha value is -0.850. The van der Waals surface area contributed by atoms with Gasteiger partial charge in [-0.25, -0.2) is 0 Å². The predicted molar refractivity (Wildman–Crippen MR) is 82.7 cm³/mol. The number of halogens is 2. The van der Waals surface area contributed by atoms with Crippen LogP contribution in [0, 0.1) is 0 Å². The maximum absolute atomic E-state index is 12.5. The van der Waals surface area contributed by atoms with Crippen LogP contribution >= 0.6 is 43.2 Å². The number of rotatable bonds is 4. The first kappa shape index (κ1) is 14.6. The van der Waals surface area contributed by atoms with Crippen molar-refractivity contribution in [1.29, 1.82) is 0 Å². The van der Waals surface area contributed by atoms with Gasteiger partial charge >= 0.3 is 0 Å². The molecule has 0 bridgehead atoms. The van der Waals surface area contributed by atoms with Gasteiger partial charge in [-0.1, -0.05) is 0 Å². The molecule has 0 saturated heterocycles. The summed E-state index contributed by atoms with van der Waals surface area (Å²) in [5, 5.41) is 1.87. The van der Waals surface area contributed by atoms with E-state index in [4.69, 9.17) is 9.47 Å². The molecular formula is C13H10Br2O3S. The summed E-state index contributed by atoms with van der Waals surface area (Å²) in [5.74, 6) is 1.05. The Morgan fingerprint density at radius 1 is 1.11 bits per heavy atom. The van der Waals surface area contributed by atoms with Crippen LogP contribution in [0.15, 0.2) is 32.5 Å². The number of ketones is 1. The number of carbonyl (C=O) groups is 1. The van der Waals surface area contributed by atoms with E-state index in [0.717, 1.165) is 4.47 Å². The zero-order valence-electron chi connectivity index (χ0n) is 10.2. The van der Waals surface area contributed by atoms with Gasteiger partial charge in [0.15, 0.2) is 11.5 Å². The van der Waals surface area contributed by atoms with E-state index in [2.05, 4.69) is 31.9 Å². The van der Waals surface area contributed by atoms with E-state index in [1.165, 1.54) is 11.3 Å². The summed E-state index contributed by atoms with van der Waals surface area (Å²) in [6.07, 6.45) is 0. The van der Waals surface area contributed by atoms with Crippen LogP contribution in [0.3, 0.4) is 0 Å². The fraction of sp³-hybridized carbons (Fsp3) is 0.154. The molecule has 3 nitrogen and oxygen atoms in total. The Bertz CT molecular complexity index is 622. The first-order chi connectivity index (χ1) is 9.08. The smallest absolute Gasteiger partial charge is 0.205 e. The highest BCUT2D eigenvalue weighted by molar-refractivity contribution is 9.11. The van der Waals surface area contributed by atoms with Crippen LogP contribution in [0.1, 0.15) is 15.2 Å². The van der Waals surface area contributed by atoms with Crippen LogP contribution in [0.25, 0.3) is 0 Å². The molecule has 0 aliphatic rings. The van der Waals surface area contributed by atoms with Crippen LogP contribution in [0.2, 0.25) is 0 Å². The number of thiophene rings is 1. The molecule has 2 rings (SSSR count). The molecule has 0 radical (unpaired) electrons. The molecule has 0 unspecified atom stereocenters. The Labute approximate surface area is 131 Å². The fourth-order valence-corrected chi connectivity index (χ4v) is 3.61. The van der Waals surface area contributed by atoms with Crippen LogP contribution < -0.4 is 9.47 Å². The SMILES string of the molecule is COc1cc(Br)c(C(=O)c2sccc2Br)cc1OC. The Morgan fingerprint density at radius 2 is 1.74 bits per heavy atom. The third-order valence-corrected chi connectivity index (χ3v) is 5.03. The number of hydrogen-bond acceptors (Lipinski definition) is 4. The second-order valence-electron chi connectivity index (χ2n) is 3.61. The molecule has 0 fully saturated rings. The summed E-state index contributed by atoms with van der Waals surface area (Å²) >= 11 is 8.16. The van der Waals surface area contributed by atoms with E-state index < -0.39 is 0 Å². The van der Waals surface area contributed by atoms with Gasteiger partial charge in [0.2, 0.25) is 5.78 Å². The van der Waals surface area contributed by atoms with Crippen LogP contribution in [-0.4, -0.2) is 20.0 Å². The summed E-state index contributed by atoms with van der Waals surface area (Å²) in [6.45, 7) is 0. The predicted octanol–water partition coefficient (Wildman–Crippen LogP) is 4.52. The Kier molecular flexibility index (Phi) is 4.65. The molecule has 6 heteroatoms. The Balaban J connectivity index is 2.51. The number of carbonyl (C=O) groups excluding carboxylic acids is 1. The maximum Gasteiger partial charge on any atom is 0.205 e. The lowest BCUT2D eigenvalue weighted by atomic mass is 10.1. The standard InChI is InChI=1S/C13H10Br2O3S/c1-17-10-5-7(9(15)6-11(10)18-2)12(16)13-8(14)3-4-19-13/h3-6H,1-2H3. The fourth-order valence-electron chi connectivity index (χ4n) is 1.61. The maximum atomic E-state index is 12.5. The molecule has 0 spiro atoms. The second kappa shape index (κ2) is 6.07. The lowest BCUT2D eigenvalue weighted by Crippen LogP contribution is -2.02. The largest absolute Gasteiger partial charge is 0.493 e. The third kappa shape index (κ3) is 2.85. The summed E-state index contributed by atoms with van der Waals surface area (Å²) < 4.78 is 11.9. The number of ether oxygens (including phenoxy) is 2. The van der Waals surface area contributed by atoms with Crippen molar-refractivity contribution in [2.45, 2.75) is 0 Å². The normalized spacial score (nSPS) is 10.3. The van der Waals surface area contributed by atoms with Crippen molar-refractivity contribution in [3.63, 3.8) is 0 Å². The van der Waals surface area contributed by atoms with E-state index in [0.29, 0.717) is 26.4 Å². The molecule has 1 aromatic carbocycles. The van der Waals surface area contributed by atoms with Crippen molar-refractivity contribution >= 4 is 49.0 Å². The minimum absolute atomic E-state index is 0.0605. The number of hydrogen-bond donors (Lipinski definition) is 0. The van der Waals surface area contributed by atoms with Crippen molar-refractivity contribution < 1.29 is 14.3 Å². The summed E-state index contributed by atoms with van der Waals surface area (Å²) in [4.78, 5) is 13.1. The van der Waals surface area contributed by atoms with Gasteiger partial charge in [-0.05, 0) is 55.4 Å². The zero-order chi connectivity index (χ0) is 14.0. The van der Waals surface area contributed by atoms with E-state index >= 15 is 0 Å². The average Bonchev–Trinajstić information content (AvgIpc) is 2.83. The highest BCUT2D eigenvalue weighted by Crippen LogP contribution is 2.36. The number of benzene rings is 1. The first-order valence-corrected chi connectivity index (χ1v) is 7.74. The van der Waals surface area contributed by atoms with Gasteiger partial charge in [-0.2, -0.15) is 0 Å². The third-order valence-electron chi connectivity index (χ3n) is 2.54. The monoisotopic (exact) mass is 404 g/mol. The molecule has 1 heterocycles. The van der Waals surface area contributed by atoms with E-state index in [1.807, 2.05) is 11.4 Å². The molecule has 0 saturated carbocycles. The van der Waals surface area contributed by atoms with Crippen LogP contribution in [-0.2, 0) is 0 Å². The molecule has 0 aliphatic carbocycles. The van der Waals surface area contributed by atoms with E-state index in [9.17, 15) is 4.79 Å². The van der Waals surface area contributed by atoms with Crippen molar-refractivity contribution in [2.24, 2.45) is 0 Å². The van der Waals surface area contributed by atoms with Gasteiger partial charge in [0.1, 0.15) is 0 Å². The molecule has 100 valence electrons. The summed E-state index contributed by atoms with van der Waals surface area (Å²) in [6, 6.07) is 5.26. The minimum Gasteiger partial charge on any atom is -0.493 e. The minimum atomic E-state index is -0.0605. The van der Waals surface area contributed by atoms with Gasteiger partial charge in [-0.15, -0.1) is 11.3 Å². The van der Waals surface area contributed by atoms with Crippen LogP contribution in [0.5, 0.6) is 11.5 Å². The van der Waals surface area contributed by atoms with Gasteiger partial charge < -0.3 is 9.47 Å². The van der Waals surface area contributed by atoms with Crippen molar-refractivity contribution in [2.75, 3.05) is 14.2 Å². The molecule has 0 atom stereocenters. The molecule has 2 aromatic rings. The van der Waals surface area contributed by atoms with Gasteiger partial charge in [0.05, 0.1) is 19.1 Å². The molecule has 1 aromatic heterocycles. The zero-order valence-corrected chi connectivity index (χ0v) is 14.2. The number of methoxy groups -OCH3 is 2. The average molecular weight is 406 g/mol. The van der Waals surface area contributed by atoms with Crippen molar-refractivity contribution in [3.05, 3.63) is 43.0 Å². The highest BCUT2D eigenvalue weighted by atomic mass is 79.9. The van der Waals surface area contributed by atoms with Crippen molar-refractivity contribution in [1.82, 2.24) is 0 Å². The lowest BCUT2D eigenvalue weighted by molar-refractivity contribution is 0.104. The van der Waals surface area contributed by atoms with Crippen LogP contribution in [0.4, 0.5) is 0 Å². The van der Waals surface area contributed by atoms with E-state index in [-0.39, 0.29) is 5.78 Å². The lowest BCUT2D eigenvalue weighted by Gasteiger charge is -2.11. The molecule has 0 N–H and O–H groups in total. The molecular weight excluding hydrogens is 396 g/mol. The Morgan fingerprint density at radius 3 is 2.26 bits per heavy atom. The summed E-state index contributed by atoms with van der Waals surface area (Å²) in [7, 11) is 3.10. The molecule has 0 amide bonds. The molecule has 0 aliphatic heterocycles. The summed E-state index contributed by atoms with van der Waals surface area (Å²) in [5.41, 5.74) is 0.542. The van der Waals surface area contributed by atoms with Gasteiger partial charge in [0.25, 0.3) is 0 Å². The quantitative estimate of drug-likeness (QED) is 0.701. The van der Waals surface area contributed by atoms with Crippen molar-refractivity contribution in [3.8, 4) is 11.5 Å². The van der Waals surface area contributed by atoms with E-state index in [1.54, 1.807) is 26.4 Å². The van der Waals surface area contributed by atoms with Gasteiger partial charge in [-0.3, -0.25) is 4.79 Å². The van der Waals surface area contributed by atoms with Gasteiger partial charge in [0, 0.05) is 14.5 Å². The topological polar surface area (TPSA) is 35.5 Å².